The van der Waals surface area contributed by atoms with Crippen molar-refractivity contribution in [3.8, 4) is 0 Å². The molecule has 2 aliphatic rings. The summed E-state index contributed by atoms with van der Waals surface area (Å²) in [5, 5.41) is 9.00. The van der Waals surface area contributed by atoms with E-state index in [1.807, 2.05) is 7.05 Å². The van der Waals surface area contributed by atoms with Gasteiger partial charge in [0.25, 0.3) is 0 Å². The van der Waals surface area contributed by atoms with Crippen LogP contribution in [0.15, 0.2) is 0 Å². The summed E-state index contributed by atoms with van der Waals surface area (Å²) in [4.78, 5) is 26.8. The number of carboxylic acid groups (broad SMARTS) is 1. The van der Waals surface area contributed by atoms with Gasteiger partial charge in [-0.15, -0.1) is 0 Å². The van der Waals surface area contributed by atoms with Gasteiger partial charge in [0.2, 0.25) is 5.91 Å². The van der Waals surface area contributed by atoms with Gasteiger partial charge in [-0.05, 0) is 19.9 Å². The van der Waals surface area contributed by atoms with Crippen LogP contribution in [0.4, 0.5) is 0 Å². The van der Waals surface area contributed by atoms with Crippen LogP contribution in [0, 0.1) is 5.41 Å². The van der Waals surface area contributed by atoms with E-state index in [0.717, 1.165) is 13.1 Å². The van der Waals surface area contributed by atoms with Gasteiger partial charge >= 0.3 is 5.97 Å². The average Bonchev–Trinajstić information content (AvgIpc) is 2.98. The first-order chi connectivity index (χ1) is 7.06. The van der Waals surface area contributed by atoms with Crippen molar-refractivity contribution < 1.29 is 14.7 Å². The molecule has 5 nitrogen and oxygen atoms in total. The van der Waals surface area contributed by atoms with Crippen molar-refractivity contribution in [1.82, 2.24) is 9.80 Å². The smallest absolute Gasteiger partial charge is 0.319 e. The molecule has 5 heteroatoms. The predicted molar refractivity (Wildman–Crippen MR) is 53.4 cm³/mol. The number of nitrogens with zero attached hydrogens (tertiary/aromatic N) is 2. The Bertz CT molecular complexity index is 291. The lowest BCUT2D eigenvalue weighted by Gasteiger charge is -2.33. The lowest BCUT2D eigenvalue weighted by Crippen LogP contribution is -2.50. The van der Waals surface area contributed by atoms with Gasteiger partial charge in [-0.25, -0.2) is 0 Å². The van der Waals surface area contributed by atoms with E-state index in [1.165, 1.54) is 0 Å². The maximum absolute atomic E-state index is 12.0. The van der Waals surface area contributed by atoms with Crippen LogP contribution in [0.3, 0.4) is 0 Å². The topological polar surface area (TPSA) is 60.9 Å². The summed E-state index contributed by atoms with van der Waals surface area (Å²) >= 11 is 0. The Hall–Kier alpha value is -1.10. The molecule has 1 aliphatic heterocycles. The number of carbonyl (C=O) groups excluding carboxylic acids is 1. The molecule has 1 N–H and O–H groups in total. The maximum atomic E-state index is 12.0. The molecule has 2 fully saturated rings. The Kier molecular flexibility index (Phi) is 2.42. The third-order valence-corrected chi connectivity index (χ3v) is 3.36. The molecule has 1 saturated carbocycles. The molecule has 15 heavy (non-hydrogen) atoms. The Morgan fingerprint density at radius 3 is 2.07 bits per heavy atom. The van der Waals surface area contributed by atoms with Crippen molar-refractivity contribution in [3.05, 3.63) is 0 Å². The zero-order chi connectivity index (χ0) is 11.1. The third-order valence-electron chi connectivity index (χ3n) is 3.36. The molecule has 0 aromatic rings. The summed E-state index contributed by atoms with van der Waals surface area (Å²) in [5.74, 6) is -1.13. The molecular formula is C10H16N2O3. The van der Waals surface area contributed by atoms with Crippen LogP contribution >= 0.6 is 0 Å². The zero-order valence-electron chi connectivity index (χ0n) is 8.90. The minimum Gasteiger partial charge on any atom is -0.480 e. The Balaban J connectivity index is 2.00. The number of hydrogen-bond acceptors (Lipinski definition) is 3. The first-order valence-corrected chi connectivity index (χ1v) is 5.27. The number of likely N-dealkylation sites (N-methyl/N-ethyl adjacent to an activating group) is 1. The summed E-state index contributed by atoms with van der Waals surface area (Å²) in [6, 6.07) is 0. The molecule has 1 saturated heterocycles. The molecule has 1 heterocycles. The van der Waals surface area contributed by atoms with Gasteiger partial charge in [-0.2, -0.15) is 0 Å². The molecule has 0 bridgehead atoms. The van der Waals surface area contributed by atoms with Crippen molar-refractivity contribution in [2.24, 2.45) is 5.41 Å². The van der Waals surface area contributed by atoms with E-state index in [0.29, 0.717) is 25.9 Å². The molecule has 0 unspecified atom stereocenters. The average molecular weight is 212 g/mol. The second kappa shape index (κ2) is 3.48. The van der Waals surface area contributed by atoms with Crippen LogP contribution in [0.2, 0.25) is 0 Å². The Labute approximate surface area is 88.6 Å². The first kappa shape index (κ1) is 10.4. The number of carboxylic acids is 1. The summed E-state index contributed by atoms with van der Waals surface area (Å²) in [5.41, 5.74) is -1.06. The van der Waals surface area contributed by atoms with E-state index in [-0.39, 0.29) is 5.91 Å². The number of aliphatic carboxylic acids is 1. The van der Waals surface area contributed by atoms with Gasteiger partial charge in [0.1, 0.15) is 5.41 Å². The van der Waals surface area contributed by atoms with Crippen molar-refractivity contribution in [2.75, 3.05) is 33.2 Å². The van der Waals surface area contributed by atoms with E-state index in [1.54, 1.807) is 4.90 Å². The van der Waals surface area contributed by atoms with Gasteiger partial charge in [0.15, 0.2) is 0 Å². The largest absolute Gasteiger partial charge is 0.480 e. The van der Waals surface area contributed by atoms with E-state index >= 15 is 0 Å². The van der Waals surface area contributed by atoms with Crippen LogP contribution in [-0.4, -0.2) is 60.0 Å². The molecular weight excluding hydrogens is 196 g/mol. The predicted octanol–water partition coefficient (Wildman–Crippen LogP) is -0.375. The fraction of sp³-hybridized carbons (Fsp3) is 0.800. The molecule has 2 rings (SSSR count). The second-order valence-corrected chi connectivity index (χ2v) is 4.48. The lowest BCUT2D eigenvalue weighted by atomic mass is 10.1. The molecule has 84 valence electrons. The van der Waals surface area contributed by atoms with Crippen molar-refractivity contribution in [3.63, 3.8) is 0 Å². The number of carbonyl (C=O) groups is 2. The number of rotatable bonds is 2. The quantitative estimate of drug-likeness (QED) is 0.634. The normalized spacial score (nSPS) is 25.0. The number of amides is 1. The first-order valence-electron chi connectivity index (χ1n) is 5.27. The molecule has 0 aromatic carbocycles. The minimum atomic E-state index is -1.06. The fourth-order valence-corrected chi connectivity index (χ4v) is 1.96. The highest BCUT2D eigenvalue weighted by molar-refractivity contribution is 6.04. The maximum Gasteiger partial charge on any atom is 0.319 e. The van der Waals surface area contributed by atoms with Gasteiger partial charge in [-0.3, -0.25) is 9.59 Å². The van der Waals surface area contributed by atoms with Crippen molar-refractivity contribution in [2.45, 2.75) is 12.8 Å². The standard InChI is InChI=1S/C10H16N2O3/c1-11-4-6-12(7-5-11)8(13)10(2-3-10)9(14)15/h2-7H2,1H3,(H,14,15). The van der Waals surface area contributed by atoms with Crippen LogP contribution < -0.4 is 0 Å². The molecule has 0 spiro atoms. The van der Waals surface area contributed by atoms with Crippen molar-refractivity contribution >= 4 is 11.9 Å². The van der Waals surface area contributed by atoms with Crippen molar-refractivity contribution in [1.29, 1.82) is 0 Å². The summed E-state index contributed by atoms with van der Waals surface area (Å²) in [7, 11) is 2.01. The third kappa shape index (κ3) is 1.71. The van der Waals surface area contributed by atoms with E-state index in [4.69, 9.17) is 5.11 Å². The fourth-order valence-electron chi connectivity index (χ4n) is 1.96. The van der Waals surface area contributed by atoms with E-state index in [9.17, 15) is 9.59 Å². The molecule has 1 aliphatic carbocycles. The highest BCUT2D eigenvalue weighted by atomic mass is 16.4. The summed E-state index contributed by atoms with van der Waals surface area (Å²) in [6.45, 7) is 2.98. The lowest BCUT2D eigenvalue weighted by molar-refractivity contribution is -0.154. The van der Waals surface area contributed by atoms with Gasteiger partial charge < -0.3 is 14.9 Å². The Morgan fingerprint density at radius 2 is 1.67 bits per heavy atom. The van der Waals surface area contributed by atoms with E-state index < -0.39 is 11.4 Å². The number of hydrogen-bond donors (Lipinski definition) is 1. The SMILES string of the molecule is CN1CCN(C(=O)C2(C(=O)O)CC2)CC1. The highest BCUT2D eigenvalue weighted by Gasteiger charge is 2.58. The zero-order valence-corrected chi connectivity index (χ0v) is 8.90. The van der Waals surface area contributed by atoms with Gasteiger partial charge in [-0.1, -0.05) is 0 Å². The monoisotopic (exact) mass is 212 g/mol. The summed E-state index contributed by atoms with van der Waals surface area (Å²) < 4.78 is 0. The molecule has 0 aromatic heterocycles. The van der Waals surface area contributed by atoms with Gasteiger partial charge in [0.05, 0.1) is 0 Å². The second-order valence-electron chi connectivity index (χ2n) is 4.48. The van der Waals surface area contributed by atoms with E-state index in [2.05, 4.69) is 4.90 Å². The van der Waals surface area contributed by atoms with Crippen LogP contribution in [0.1, 0.15) is 12.8 Å². The molecule has 0 atom stereocenters. The highest BCUT2D eigenvalue weighted by Crippen LogP contribution is 2.47. The van der Waals surface area contributed by atoms with Gasteiger partial charge in [0, 0.05) is 26.2 Å². The molecule has 0 radical (unpaired) electrons. The van der Waals surface area contributed by atoms with Crippen LogP contribution in [-0.2, 0) is 9.59 Å². The minimum absolute atomic E-state index is 0.178. The molecule has 1 amide bonds. The summed E-state index contributed by atoms with van der Waals surface area (Å²) in [6.07, 6.45) is 1.01. The van der Waals surface area contributed by atoms with Crippen LogP contribution in [0.5, 0.6) is 0 Å². The Morgan fingerprint density at radius 1 is 1.13 bits per heavy atom. The number of piperazine rings is 1. The van der Waals surface area contributed by atoms with Crippen LogP contribution in [0.25, 0.3) is 0 Å².